The highest BCUT2D eigenvalue weighted by atomic mass is 16.4. The molecule has 0 spiro atoms. The van der Waals surface area contributed by atoms with Crippen LogP contribution in [0.2, 0.25) is 0 Å². The minimum absolute atomic E-state index is 0.210. The molecule has 2 aliphatic rings. The van der Waals surface area contributed by atoms with Gasteiger partial charge in [-0.3, -0.25) is 4.79 Å². The fraction of sp³-hybridized carbons (Fsp3) is 0.688. The van der Waals surface area contributed by atoms with Crippen molar-refractivity contribution in [2.45, 2.75) is 51.0 Å². The third-order valence-electron chi connectivity index (χ3n) is 4.75. The highest BCUT2D eigenvalue weighted by Gasteiger charge is 2.25. The first-order valence-corrected chi connectivity index (χ1v) is 8.30. The third-order valence-corrected chi connectivity index (χ3v) is 4.75. The van der Waals surface area contributed by atoms with Crippen LogP contribution in [0, 0.1) is 5.92 Å². The number of piperidine rings is 1. The largest absolute Gasteiger partial charge is 0.481 e. The summed E-state index contributed by atoms with van der Waals surface area (Å²) in [6.45, 7) is 1.49. The van der Waals surface area contributed by atoms with Crippen LogP contribution in [-0.4, -0.2) is 40.2 Å². The molecule has 2 heterocycles. The van der Waals surface area contributed by atoms with E-state index in [-0.39, 0.29) is 5.92 Å². The molecule has 2 fully saturated rings. The van der Waals surface area contributed by atoms with E-state index >= 15 is 0 Å². The summed E-state index contributed by atoms with van der Waals surface area (Å²) in [5, 5.41) is 12.5. The molecule has 1 saturated heterocycles. The van der Waals surface area contributed by atoms with Crippen molar-refractivity contribution in [3.8, 4) is 0 Å². The molecule has 1 aliphatic carbocycles. The van der Waals surface area contributed by atoms with Crippen LogP contribution in [-0.2, 0) is 4.79 Å². The summed E-state index contributed by atoms with van der Waals surface area (Å²) < 4.78 is 0. The van der Waals surface area contributed by atoms with Gasteiger partial charge in [-0.2, -0.15) is 4.98 Å². The molecule has 0 radical (unpaired) electrons. The van der Waals surface area contributed by atoms with Gasteiger partial charge >= 0.3 is 5.97 Å². The lowest BCUT2D eigenvalue weighted by Crippen LogP contribution is -2.37. The van der Waals surface area contributed by atoms with E-state index in [1.54, 1.807) is 6.20 Å². The van der Waals surface area contributed by atoms with Crippen LogP contribution in [0.15, 0.2) is 12.3 Å². The van der Waals surface area contributed by atoms with Gasteiger partial charge < -0.3 is 15.3 Å². The van der Waals surface area contributed by atoms with E-state index in [4.69, 9.17) is 5.11 Å². The number of carboxylic acids is 1. The maximum atomic E-state index is 11.0. The third kappa shape index (κ3) is 3.67. The minimum atomic E-state index is -0.679. The second kappa shape index (κ2) is 6.94. The summed E-state index contributed by atoms with van der Waals surface area (Å²) in [6.07, 6.45) is 9.43. The number of nitrogens with zero attached hydrogens (tertiary/aromatic N) is 3. The van der Waals surface area contributed by atoms with Gasteiger partial charge in [0.25, 0.3) is 0 Å². The van der Waals surface area contributed by atoms with Gasteiger partial charge in [0.1, 0.15) is 5.82 Å². The Balaban J connectivity index is 1.60. The van der Waals surface area contributed by atoms with Crippen LogP contribution >= 0.6 is 0 Å². The van der Waals surface area contributed by atoms with Crippen molar-refractivity contribution < 1.29 is 9.90 Å². The average Bonchev–Trinajstić information content (AvgIpc) is 2.56. The number of nitrogens with one attached hydrogen (secondary N) is 1. The zero-order valence-corrected chi connectivity index (χ0v) is 12.9. The maximum Gasteiger partial charge on any atom is 0.306 e. The zero-order chi connectivity index (χ0) is 15.4. The number of rotatable bonds is 4. The molecule has 1 saturated carbocycles. The normalized spacial score (nSPS) is 20.8. The van der Waals surface area contributed by atoms with Crippen molar-refractivity contribution in [3.05, 3.63) is 12.3 Å². The molecule has 0 unspecified atom stereocenters. The monoisotopic (exact) mass is 304 g/mol. The fourth-order valence-electron chi connectivity index (χ4n) is 3.38. The highest BCUT2D eigenvalue weighted by Crippen LogP contribution is 2.24. The number of anilines is 2. The van der Waals surface area contributed by atoms with Crippen molar-refractivity contribution in [2.75, 3.05) is 23.3 Å². The Kier molecular flexibility index (Phi) is 4.75. The lowest BCUT2D eigenvalue weighted by atomic mass is 9.96. The van der Waals surface area contributed by atoms with Gasteiger partial charge in [-0.15, -0.1) is 0 Å². The van der Waals surface area contributed by atoms with Gasteiger partial charge in [0.15, 0.2) is 0 Å². The smallest absolute Gasteiger partial charge is 0.306 e. The number of carbonyl (C=O) groups is 1. The Bertz CT molecular complexity index is 509. The van der Waals surface area contributed by atoms with Crippen LogP contribution in [0.4, 0.5) is 11.8 Å². The Morgan fingerprint density at radius 1 is 1.18 bits per heavy atom. The van der Waals surface area contributed by atoms with E-state index in [1.165, 1.54) is 32.1 Å². The topological polar surface area (TPSA) is 78.3 Å². The van der Waals surface area contributed by atoms with Gasteiger partial charge in [0, 0.05) is 25.3 Å². The van der Waals surface area contributed by atoms with Gasteiger partial charge in [0.2, 0.25) is 5.95 Å². The second-order valence-corrected chi connectivity index (χ2v) is 6.32. The Labute approximate surface area is 131 Å². The first-order valence-electron chi connectivity index (χ1n) is 8.30. The molecular formula is C16H24N4O2. The number of hydrogen-bond donors (Lipinski definition) is 2. The summed E-state index contributed by atoms with van der Waals surface area (Å²) in [5.74, 6) is 0.710. The van der Waals surface area contributed by atoms with E-state index in [1.807, 2.05) is 6.07 Å². The predicted molar refractivity (Wildman–Crippen MR) is 85.1 cm³/mol. The SMILES string of the molecule is O=C(O)C1CCN(c2ccnc(NC3CCCCC3)n2)CC1. The molecule has 1 aromatic rings. The second-order valence-electron chi connectivity index (χ2n) is 6.32. The first kappa shape index (κ1) is 15.1. The number of aromatic nitrogens is 2. The van der Waals surface area contributed by atoms with Crippen molar-refractivity contribution in [3.63, 3.8) is 0 Å². The summed E-state index contributed by atoms with van der Waals surface area (Å²) >= 11 is 0. The van der Waals surface area contributed by atoms with Crippen LogP contribution in [0.25, 0.3) is 0 Å². The van der Waals surface area contributed by atoms with E-state index in [9.17, 15) is 4.79 Å². The molecule has 120 valence electrons. The summed E-state index contributed by atoms with van der Waals surface area (Å²) in [6, 6.07) is 2.40. The molecule has 2 N–H and O–H groups in total. The molecular weight excluding hydrogens is 280 g/mol. The van der Waals surface area contributed by atoms with Gasteiger partial charge in [-0.1, -0.05) is 19.3 Å². The Morgan fingerprint density at radius 2 is 1.91 bits per heavy atom. The van der Waals surface area contributed by atoms with E-state index < -0.39 is 5.97 Å². The molecule has 0 bridgehead atoms. The molecule has 3 rings (SSSR count). The number of aliphatic carboxylic acids is 1. The van der Waals surface area contributed by atoms with E-state index in [0.717, 1.165) is 18.9 Å². The van der Waals surface area contributed by atoms with Crippen molar-refractivity contribution in [1.82, 2.24) is 9.97 Å². The summed E-state index contributed by atoms with van der Waals surface area (Å²) in [5.41, 5.74) is 0. The minimum Gasteiger partial charge on any atom is -0.481 e. The van der Waals surface area contributed by atoms with Gasteiger partial charge in [0.05, 0.1) is 5.92 Å². The molecule has 22 heavy (non-hydrogen) atoms. The highest BCUT2D eigenvalue weighted by molar-refractivity contribution is 5.70. The van der Waals surface area contributed by atoms with Crippen molar-refractivity contribution in [2.24, 2.45) is 5.92 Å². The molecule has 0 amide bonds. The van der Waals surface area contributed by atoms with Crippen LogP contribution in [0.3, 0.4) is 0 Å². The average molecular weight is 304 g/mol. The standard InChI is InChI=1S/C16H24N4O2/c21-15(22)12-7-10-20(11-8-12)14-6-9-17-16(19-14)18-13-4-2-1-3-5-13/h6,9,12-13H,1-5,7-8,10-11H2,(H,21,22)(H,17,18,19). The van der Waals surface area contributed by atoms with Crippen molar-refractivity contribution >= 4 is 17.7 Å². The van der Waals surface area contributed by atoms with Crippen LogP contribution in [0.5, 0.6) is 0 Å². The lowest BCUT2D eigenvalue weighted by Gasteiger charge is -2.31. The van der Waals surface area contributed by atoms with Crippen LogP contribution in [0.1, 0.15) is 44.9 Å². The molecule has 6 heteroatoms. The number of carboxylic acid groups (broad SMARTS) is 1. The Hall–Kier alpha value is -1.85. The molecule has 1 aromatic heterocycles. The van der Waals surface area contributed by atoms with Crippen LogP contribution < -0.4 is 10.2 Å². The van der Waals surface area contributed by atoms with Gasteiger partial charge in [-0.25, -0.2) is 4.98 Å². The molecule has 1 aliphatic heterocycles. The molecule has 6 nitrogen and oxygen atoms in total. The summed E-state index contributed by atoms with van der Waals surface area (Å²) in [7, 11) is 0. The Morgan fingerprint density at radius 3 is 2.59 bits per heavy atom. The molecule has 0 atom stereocenters. The quantitative estimate of drug-likeness (QED) is 0.890. The predicted octanol–water partition coefficient (Wildman–Crippen LogP) is 2.52. The fourth-order valence-corrected chi connectivity index (χ4v) is 3.38. The molecule has 0 aromatic carbocycles. The lowest BCUT2D eigenvalue weighted by molar-refractivity contribution is -0.142. The zero-order valence-electron chi connectivity index (χ0n) is 12.9. The van der Waals surface area contributed by atoms with Crippen molar-refractivity contribution in [1.29, 1.82) is 0 Å². The number of hydrogen-bond acceptors (Lipinski definition) is 5. The van der Waals surface area contributed by atoms with E-state index in [2.05, 4.69) is 20.2 Å². The van der Waals surface area contributed by atoms with E-state index in [0.29, 0.717) is 24.8 Å². The maximum absolute atomic E-state index is 11.0. The van der Waals surface area contributed by atoms with Gasteiger partial charge in [-0.05, 0) is 31.7 Å². The summed E-state index contributed by atoms with van der Waals surface area (Å²) in [4.78, 5) is 22.1. The first-order chi connectivity index (χ1) is 10.7.